The quantitative estimate of drug-likeness (QED) is 0.240. The zero-order valence-electron chi connectivity index (χ0n) is 20.6. The monoisotopic (exact) mass is 499 g/mol. The van der Waals surface area contributed by atoms with Crippen LogP contribution in [0.5, 0.6) is 11.5 Å². The summed E-state index contributed by atoms with van der Waals surface area (Å²) in [4.78, 5) is 40.3. The largest absolute Gasteiger partial charge is 0.507 e. The standard InChI is InChI=1S/C29H25NO7/c1-16-12-20-13-18(10-11-23(20)37-16)26(31)24-25(17-6-5-9-22(15-17)35-2)30(28(33)27(24)32)21-8-4-7-19(14-21)29(34)36-3/h4-11,13-16,25,31H,12H2,1-3H3/b26-24-. The predicted molar refractivity (Wildman–Crippen MR) is 136 cm³/mol. The molecule has 188 valence electrons. The van der Waals surface area contributed by atoms with Crippen LogP contribution in [0.4, 0.5) is 5.69 Å². The van der Waals surface area contributed by atoms with Crippen molar-refractivity contribution in [3.63, 3.8) is 0 Å². The smallest absolute Gasteiger partial charge is 0.337 e. The first-order valence-corrected chi connectivity index (χ1v) is 11.8. The van der Waals surface area contributed by atoms with Gasteiger partial charge in [0, 0.05) is 17.7 Å². The highest BCUT2D eigenvalue weighted by molar-refractivity contribution is 6.51. The molecule has 37 heavy (non-hydrogen) atoms. The molecule has 3 aromatic carbocycles. The predicted octanol–water partition coefficient (Wildman–Crippen LogP) is 4.43. The number of carbonyl (C=O) groups is 3. The van der Waals surface area contributed by atoms with Crippen LogP contribution in [0.2, 0.25) is 0 Å². The van der Waals surface area contributed by atoms with E-state index in [-0.39, 0.29) is 23.0 Å². The molecule has 0 saturated carbocycles. The minimum atomic E-state index is -0.966. The third-order valence-corrected chi connectivity index (χ3v) is 6.57. The van der Waals surface area contributed by atoms with Crippen molar-refractivity contribution in [3.05, 3.63) is 94.6 Å². The van der Waals surface area contributed by atoms with E-state index in [1.807, 2.05) is 6.92 Å². The number of methoxy groups -OCH3 is 2. The number of rotatable bonds is 5. The van der Waals surface area contributed by atoms with Gasteiger partial charge in [-0.1, -0.05) is 18.2 Å². The maximum atomic E-state index is 13.4. The summed E-state index contributed by atoms with van der Waals surface area (Å²) < 4.78 is 15.9. The molecule has 0 spiro atoms. The number of carbonyl (C=O) groups excluding carboxylic acids is 3. The lowest BCUT2D eigenvalue weighted by Gasteiger charge is -2.26. The molecular formula is C29H25NO7. The Morgan fingerprint density at radius 3 is 2.54 bits per heavy atom. The van der Waals surface area contributed by atoms with Gasteiger partial charge < -0.3 is 19.3 Å². The van der Waals surface area contributed by atoms with Gasteiger partial charge in [0.15, 0.2) is 0 Å². The van der Waals surface area contributed by atoms with Crippen LogP contribution >= 0.6 is 0 Å². The highest BCUT2D eigenvalue weighted by atomic mass is 16.5. The van der Waals surface area contributed by atoms with Crippen molar-refractivity contribution in [1.29, 1.82) is 0 Å². The minimum absolute atomic E-state index is 0.0110. The second kappa shape index (κ2) is 9.46. The van der Waals surface area contributed by atoms with Gasteiger partial charge in [-0.05, 0) is 66.6 Å². The van der Waals surface area contributed by atoms with Crippen molar-refractivity contribution >= 4 is 29.1 Å². The van der Waals surface area contributed by atoms with Gasteiger partial charge in [0.2, 0.25) is 0 Å². The number of hydrogen-bond donors (Lipinski definition) is 1. The zero-order valence-corrected chi connectivity index (χ0v) is 20.6. The summed E-state index contributed by atoms with van der Waals surface area (Å²) in [6, 6.07) is 17.4. The number of hydrogen-bond acceptors (Lipinski definition) is 7. The summed E-state index contributed by atoms with van der Waals surface area (Å²) in [6.07, 6.45) is 0.682. The van der Waals surface area contributed by atoms with Crippen LogP contribution in [-0.4, -0.2) is 43.1 Å². The van der Waals surface area contributed by atoms with E-state index < -0.39 is 23.7 Å². The fourth-order valence-electron chi connectivity index (χ4n) is 4.85. The number of aliphatic hydroxyl groups is 1. The minimum Gasteiger partial charge on any atom is -0.507 e. The molecule has 2 unspecified atom stereocenters. The Balaban J connectivity index is 1.69. The Morgan fingerprint density at radius 1 is 1.00 bits per heavy atom. The molecule has 0 radical (unpaired) electrons. The van der Waals surface area contributed by atoms with E-state index in [2.05, 4.69) is 0 Å². The highest BCUT2D eigenvalue weighted by Crippen LogP contribution is 2.43. The fourth-order valence-corrected chi connectivity index (χ4v) is 4.85. The van der Waals surface area contributed by atoms with Gasteiger partial charge in [0.1, 0.15) is 23.4 Å². The summed E-state index contributed by atoms with van der Waals surface area (Å²) >= 11 is 0. The lowest BCUT2D eigenvalue weighted by molar-refractivity contribution is -0.132. The first-order valence-electron chi connectivity index (χ1n) is 11.8. The molecule has 0 aliphatic carbocycles. The molecule has 1 amide bonds. The fraction of sp³-hybridized carbons (Fsp3) is 0.207. The number of aliphatic hydroxyl groups excluding tert-OH is 1. The molecule has 5 rings (SSSR count). The van der Waals surface area contributed by atoms with Crippen molar-refractivity contribution in [2.24, 2.45) is 0 Å². The van der Waals surface area contributed by atoms with Crippen molar-refractivity contribution in [3.8, 4) is 11.5 Å². The van der Waals surface area contributed by atoms with Gasteiger partial charge in [0.05, 0.1) is 31.4 Å². The van der Waals surface area contributed by atoms with Crippen molar-refractivity contribution in [1.82, 2.24) is 0 Å². The Hall–Kier alpha value is -4.59. The Bertz CT molecular complexity index is 1460. The number of benzene rings is 3. The average Bonchev–Trinajstić information content (AvgIpc) is 3.43. The molecule has 0 bridgehead atoms. The van der Waals surface area contributed by atoms with Gasteiger partial charge in [-0.25, -0.2) is 4.79 Å². The lowest BCUT2D eigenvalue weighted by Crippen LogP contribution is -2.29. The van der Waals surface area contributed by atoms with E-state index >= 15 is 0 Å². The second-order valence-electron chi connectivity index (χ2n) is 8.94. The third-order valence-electron chi connectivity index (χ3n) is 6.57. The van der Waals surface area contributed by atoms with Crippen LogP contribution in [0.1, 0.15) is 40.0 Å². The number of amides is 1. The van der Waals surface area contributed by atoms with E-state index in [1.165, 1.54) is 25.2 Å². The van der Waals surface area contributed by atoms with Crippen LogP contribution in [0.3, 0.4) is 0 Å². The Morgan fingerprint density at radius 2 is 1.78 bits per heavy atom. The molecule has 2 aliphatic heterocycles. The van der Waals surface area contributed by atoms with Gasteiger partial charge in [0.25, 0.3) is 11.7 Å². The second-order valence-corrected chi connectivity index (χ2v) is 8.94. The third kappa shape index (κ3) is 4.20. The number of nitrogens with zero attached hydrogens (tertiary/aromatic N) is 1. The van der Waals surface area contributed by atoms with Gasteiger partial charge in [-0.3, -0.25) is 14.5 Å². The topological polar surface area (TPSA) is 102 Å². The number of ketones is 1. The summed E-state index contributed by atoms with van der Waals surface area (Å²) in [6.45, 7) is 1.95. The van der Waals surface area contributed by atoms with Gasteiger partial charge in [-0.2, -0.15) is 0 Å². The van der Waals surface area contributed by atoms with Gasteiger partial charge in [-0.15, -0.1) is 0 Å². The molecule has 2 aliphatic rings. The normalized spacial score (nSPS) is 19.9. The number of Topliss-reactive ketones (excluding diaryl/α,β-unsaturated/α-hetero) is 1. The molecule has 2 heterocycles. The molecule has 2 atom stereocenters. The molecular weight excluding hydrogens is 474 g/mol. The van der Waals surface area contributed by atoms with Crippen LogP contribution in [0, 0.1) is 0 Å². The van der Waals surface area contributed by atoms with E-state index in [4.69, 9.17) is 14.2 Å². The Kier molecular flexibility index (Phi) is 6.17. The number of ether oxygens (including phenoxy) is 3. The van der Waals surface area contributed by atoms with Gasteiger partial charge >= 0.3 is 5.97 Å². The van der Waals surface area contributed by atoms with E-state index in [9.17, 15) is 19.5 Å². The van der Waals surface area contributed by atoms with Crippen molar-refractivity contribution in [2.45, 2.75) is 25.5 Å². The lowest BCUT2D eigenvalue weighted by atomic mass is 9.94. The molecule has 8 nitrogen and oxygen atoms in total. The molecule has 3 aromatic rings. The van der Waals surface area contributed by atoms with Crippen LogP contribution in [0.25, 0.3) is 5.76 Å². The number of fused-ring (bicyclic) bond motifs is 1. The van der Waals surface area contributed by atoms with Crippen LogP contribution in [0.15, 0.2) is 72.3 Å². The zero-order chi connectivity index (χ0) is 26.3. The highest BCUT2D eigenvalue weighted by Gasteiger charge is 2.47. The first-order chi connectivity index (χ1) is 17.8. The SMILES string of the molecule is COC(=O)c1cccc(N2C(=O)C(=O)/C(=C(\O)c3ccc4c(c3)CC(C)O4)C2c2cccc(OC)c2)c1. The van der Waals surface area contributed by atoms with Crippen molar-refractivity contribution in [2.75, 3.05) is 19.1 Å². The summed E-state index contributed by atoms with van der Waals surface area (Å²) in [5.41, 5.74) is 2.35. The summed E-state index contributed by atoms with van der Waals surface area (Å²) in [5, 5.41) is 11.4. The van der Waals surface area contributed by atoms with E-state index in [0.29, 0.717) is 29.0 Å². The first kappa shape index (κ1) is 24.1. The maximum absolute atomic E-state index is 13.4. The maximum Gasteiger partial charge on any atom is 0.337 e. The average molecular weight is 500 g/mol. The van der Waals surface area contributed by atoms with Crippen molar-refractivity contribution < 1.29 is 33.7 Å². The molecule has 1 N–H and O–H groups in total. The molecule has 8 heteroatoms. The Labute approximate surface area is 213 Å². The summed E-state index contributed by atoms with van der Waals surface area (Å²) in [5.74, 6) is -1.27. The number of anilines is 1. The molecule has 0 aromatic heterocycles. The van der Waals surface area contributed by atoms with Crippen LogP contribution in [-0.2, 0) is 20.7 Å². The van der Waals surface area contributed by atoms with E-state index in [1.54, 1.807) is 60.7 Å². The molecule has 1 fully saturated rings. The van der Waals surface area contributed by atoms with Crippen LogP contribution < -0.4 is 14.4 Å². The molecule has 1 saturated heterocycles. The van der Waals surface area contributed by atoms with E-state index in [0.717, 1.165) is 11.3 Å². The summed E-state index contributed by atoms with van der Waals surface area (Å²) in [7, 11) is 2.78. The number of esters is 1.